The highest BCUT2D eigenvalue weighted by atomic mass is 16.5. The van der Waals surface area contributed by atoms with Crippen LogP contribution in [0, 0.1) is 0 Å². The number of hydrogen-bond acceptors (Lipinski definition) is 12. The molecule has 1 saturated carbocycles. The van der Waals surface area contributed by atoms with Gasteiger partial charge in [0.05, 0.1) is 18.5 Å². The van der Waals surface area contributed by atoms with E-state index in [0.29, 0.717) is 36.6 Å². The first kappa shape index (κ1) is 23.5. The average molecular weight is 507 g/mol. The smallest absolute Gasteiger partial charge is 0.248 e. The van der Waals surface area contributed by atoms with Gasteiger partial charge in [-0.3, -0.25) is 19.8 Å². The van der Waals surface area contributed by atoms with Crippen molar-refractivity contribution in [3.05, 3.63) is 30.9 Å². The minimum absolute atomic E-state index is 0.146. The summed E-state index contributed by atoms with van der Waals surface area (Å²) in [6, 6.07) is 1.66. The van der Waals surface area contributed by atoms with Crippen molar-refractivity contribution in [1.82, 2.24) is 40.4 Å². The fraction of sp³-hybridized carbons (Fsp3) is 0.522. The third kappa shape index (κ3) is 5.02. The number of aromatic amines is 1. The van der Waals surface area contributed by atoms with Crippen LogP contribution in [0.1, 0.15) is 19.3 Å². The summed E-state index contributed by atoms with van der Waals surface area (Å²) in [5.74, 6) is 2.60. The van der Waals surface area contributed by atoms with Crippen molar-refractivity contribution in [2.45, 2.75) is 37.5 Å². The summed E-state index contributed by atoms with van der Waals surface area (Å²) in [6.45, 7) is 3.75. The standard InChI is InChI=1S/C23H30N12O2/c1-37-16-12-17(20(36)28-18-13-25-6-7-26-18)34(14-16)22-29-21(33-10-8-24-9-11-33)30-23(31-22)35(15-2-3-15)19-4-5-27-32-19/h4-7,13,15-17,24H,2-3,8-12,14H2,1H3,(H,27,32)(H,26,28,36). The maximum atomic E-state index is 13.4. The van der Waals surface area contributed by atoms with E-state index < -0.39 is 6.04 Å². The molecule has 0 spiro atoms. The van der Waals surface area contributed by atoms with Gasteiger partial charge in [0.25, 0.3) is 0 Å². The quantitative estimate of drug-likeness (QED) is 0.386. The number of carbonyl (C=O) groups excluding carboxylic acids is 1. The number of aromatic nitrogens is 7. The zero-order valence-electron chi connectivity index (χ0n) is 20.6. The molecule has 2 atom stereocenters. The number of ether oxygens (including phenoxy) is 1. The molecule has 2 saturated heterocycles. The summed E-state index contributed by atoms with van der Waals surface area (Å²) in [4.78, 5) is 42.4. The van der Waals surface area contributed by atoms with Gasteiger partial charge in [0.2, 0.25) is 23.8 Å². The second-order valence-corrected chi connectivity index (χ2v) is 9.36. The van der Waals surface area contributed by atoms with Crippen LogP contribution in [-0.4, -0.2) is 99.0 Å². The summed E-state index contributed by atoms with van der Waals surface area (Å²) in [7, 11) is 1.66. The molecule has 1 aliphatic carbocycles. The lowest BCUT2D eigenvalue weighted by molar-refractivity contribution is -0.117. The second kappa shape index (κ2) is 10.2. The van der Waals surface area contributed by atoms with Crippen molar-refractivity contribution in [1.29, 1.82) is 0 Å². The highest BCUT2D eigenvalue weighted by molar-refractivity contribution is 5.96. The molecule has 3 aromatic rings. The van der Waals surface area contributed by atoms with E-state index in [0.717, 1.165) is 44.8 Å². The van der Waals surface area contributed by atoms with Gasteiger partial charge in [0.1, 0.15) is 11.9 Å². The zero-order chi connectivity index (χ0) is 25.2. The lowest BCUT2D eigenvalue weighted by Crippen LogP contribution is -2.45. The molecule has 0 radical (unpaired) electrons. The molecule has 5 heterocycles. The molecule has 0 bridgehead atoms. The molecule has 3 N–H and O–H groups in total. The van der Waals surface area contributed by atoms with Crippen molar-refractivity contribution >= 4 is 35.4 Å². The van der Waals surface area contributed by atoms with Crippen LogP contribution in [0.3, 0.4) is 0 Å². The van der Waals surface area contributed by atoms with Gasteiger partial charge < -0.3 is 25.2 Å². The molecule has 2 unspecified atom stereocenters. The van der Waals surface area contributed by atoms with Crippen LogP contribution in [0.4, 0.5) is 29.5 Å². The first-order valence-electron chi connectivity index (χ1n) is 12.6. The summed E-state index contributed by atoms with van der Waals surface area (Å²) < 4.78 is 5.66. The van der Waals surface area contributed by atoms with Crippen LogP contribution in [0.25, 0.3) is 0 Å². The van der Waals surface area contributed by atoms with Crippen molar-refractivity contribution in [3.63, 3.8) is 0 Å². The van der Waals surface area contributed by atoms with Crippen LogP contribution in [-0.2, 0) is 9.53 Å². The Morgan fingerprint density at radius 1 is 1.14 bits per heavy atom. The third-order valence-corrected chi connectivity index (χ3v) is 6.84. The second-order valence-electron chi connectivity index (χ2n) is 9.36. The molecule has 37 heavy (non-hydrogen) atoms. The van der Waals surface area contributed by atoms with E-state index in [-0.39, 0.29) is 18.1 Å². The molecule has 3 fully saturated rings. The van der Waals surface area contributed by atoms with Gasteiger partial charge in [-0.05, 0) is 12.8 Å². The van der Waals surface area contributed by atoms with Gasteiger partial charge in [-0.25, -0.2) is 4.98 Å². The van der Waals surface area contributed by atoms with Crippen LogP contribution in [0.5, 0.6) is 0 Å². The minimum Gasteiger partial charge on any atom is -0.380 e. The number of anilines is 5. The average Bonchev–Trinajstić information content (AvgIpc) is 3.43. The molecule has 1 amide bonds. The van der Waals surface area contributed by atoms with Crippen LogP contribution in [0.2, 0.25) is 0 Å². The summed E-state index contributed by atoms with van der Waals surface area (Å²) in [5.41, 5.74) is 0. The van der Waals surface area contributed by atoms with Gasteiger partial charge >= 0.3 is 0 Å². The molecule has 3 aromatic heterocycles. The fourth-order valence-corrected chi connectivity index (χ4v) is 4.78. The molecule has 14 heteroatoms. The van der Waals surface area contributed by atoms with Crippen LogP contribution >= 0.6 is 0 Å². The number of rotatable bonds is 8. The highest BCUT2D eigenvalue weighted by Crippen LogP contribution is 2.37. The number of hydrogen-bond donors (Lipinski definition) is 3. The predicted octanol–water partition coefficient (Wildman–Crippen LogP) is 0.327. The number of H-pyrrole nitrogens is 1. The number of carbonyl (C=O) groups is 1. The largest absolute Gasteiger partial charge is 0.380 e. The van der Waals surface area contributed by atoms with Crippen LogP contribution < -0.4 is 25.3 Å². The van der Waals surface area contributed by atoms with Gasteiger partial charge in [0, 0.05) is 70.8 Å². The van der Waals surface area contributed by atoms with Gasteiger partial charge in [-0.15, -0.1) is 0 Å². The zero-order valence-corrected chi connectivity index (χ0v) is 20.6. The third-order valence-electron chi connectivity index (χ3n) is 6.84. The van der Waals surface area contributed by atoms with Crippen molar-refractivity contribution in [2.24, 2.45) is 0 Å². The Bertz CT molecular complexity index is 1200. The fourth-order valence-electron chi connectivity index (χ4n) is 4.78. The molecular formula is C23H30N12O2. The lowest BCUT2D eigenvalue weighted by atomic mass is 10.2. The maximum Gasteiger partial charge on any atom is 0.248 e. The number of methoxy groups -OCH3 is 1. The Labute approximate surface area is 213 Å². The van der Waals surface area contributed by atoms with E-state index in [4.69, 9.17) is 19.7 Å². The molecule has 194 valence electrons. The Kier molecular flexibility index (Phi) is 6.49. The Hall–Kier alpha value is -3.91. The van der Waals surface area contributed by atoms with Gasteiger partial charge in [0.15, 0.2) is 5.82 Å². The maximum absolute atomic E-state index is 13.4. The molecule has 0 aromatic carbocycles. The van der Waals surface area contributed by atoms with Crippen molar-refractivity contribution in [2.75, 3.05) is 59.9 Å². The molecule has 2 aliphatic heterocycles. The molecule has 14 nitrogen and oxygen atoms in total. The van der Waals surface area contributed by atoms with E-state index >= 15 is 0 Å². The van der Waals surface area contributed by atoms with Crippen LogP contribution in [0.15, 0.2) is 30.9 Å². The predicted molar refractivity (Wildman–Crippen MR) is 136 cm³/mol. The minimum atomic E-state index is -0.542. The highest BCUT2D eigenvalue weighted by Gasteiger charge is 2.40. The first-order valence-corrected chi connectivity index (χ1v) is 12.6. The van der Waals surface area contributed by atoms with E-state index in [9.17, 15) is 4.79 Å². The summed E-state index contributed by atoms with van der Waals surface area (Å²) in [5, 5.41) is 13.4. The number of piperazine rings is 1. The van der Waals surface area contributed by atoms with Crippen molar-refractivity contribution < 1.29 is 9.53 Å². The van der Waals surface area contributed by atoms with E-state index in [2.05, 4.69) is 40.6 Å². The number of nitrogens with one attached hydrogen (secondary N) is 3. The SMILES string of the molecule is COC1CC(C(=O)Nc2cnccn2)N(c2nc(N3CCNCC3)nc(N(c3ccn[nH]3)C3CC3)n2)C1. The van der Waals surface area contributed by atoms with Gasteiger partial charge in [-0.1, -0.05) is 0 Å². The normalized spacial score (nSPS) is 21.8. The van der Waals surface area contributed by atoms with E-state index in [1.807, 2.05) is 11.0 Å². The Morgan fingerprint density at radius 3 is 2.68 bits per heavy atom. The first-order chi connectivity index (χ1) is 18.2. The molecular weight excluding hydrogens is 476 g/mol. The Morgan fingerprint density at radius 2 is 1.97 bits per heavy atom. The summed E-state index contributed by atoms with van der Waals surface area (Å²) in [6.07, 6.45) is 8.79. The van der Waals surface area contributed by atoms with E-state index in [1.165, 1.54) is 6.20 Å². The summed E-state index contributed by atoms with van der Waals surface area (Å²) >= 11 is 0. The molecule has 3 aliphatic rings. The van der Waals surface area contributed by atoms with Crippen molar-refractivity contribution in [3.8, 4) is 0 Å². The van der Waals surface area contributed by atoms with E-state index in [1.54, 1.807) is 25.7 Å². The number of nitrogens with zero attached hydrogens (tertiary/aromatic N) is 9. The Balaban J connectivity index is 1.37. The monoisotopic (exact) mass is 506 g/mol. The van der Waals surface area contributed by atoms with Gasteiger partial charge in [-0.2, -0.15) is 20.1 Å². The number of amides is 1. The topological polar surface area (TPSA) is 153 Å². The molecule has 6 rings (SSSR count). The lowest BCUT2D eigenvalue weighted by Gasteiger charge is -2.30.